The molecular formula is C17H10F5N3O. The van der Waals surface area contributed by atoms with E-state index in [2.05, 4.69) is 5.10 Å². The fourth-order valence-corrected chi connectivity index (χ4v) is 2.43. The third kappa shape index (κ3) is 3.15. The predicted octanol–water partition coefficient (Wildman–Crippen LogP) is 4.46. The van der Waals surface area contributed by atoms with Gasteiger partial charge in [0.25, 0.3) is 0 Å². The summed E-state index contributed by atoms with van der Waals surface area (Å²) in [5.41, 5.74) is -2.00. The van der Waals surface area contributed by atoms with Crippen LogP contribution in [0.2, 0.25) is 0 Å². The van der Waals surface area contributed by atoms with Gasteiger partial charge >= 0.3 is 6.18 Å². The Morgan fingerprint density at radius 3 is 2.23 bits per heavy atom. The number of aromatic nitrogens is 2. The Balaban J connectivity index is 2.07. The van der Waals surface area contributed by atoms with E-state index in [0.717, 1.165) is 41.2 Å². The van der Waals surface area contributed by atoms with E-state index in [1.807, 2.05) is 0 Å². The molecule has 0 N–H and O–H groups in total. The molecule has 0 aliphatic rings. The van der Waals surface area contributed by atoms with Crippen molar-refractivity contribution in [3.8, 4) is 5.69 Å². The molecule has 26 heavy (non-hydrogen) atoms. The van der Waals surface area contributed by atoms with Crippen LogP contribution >= 0.6 is 0 Å². The Hall–Kier alpha value is -3.23. The largest absolute Gasteiger partial charge is 0.418 e. The Kier molecular flexibility index (Phi) is 4.45. The Morgan fingerprint density at radius 1 is 0.962 bits per heavy atom. The van der Waals surface area contributed by atoms with Crippen molar-refractivity contribution in [1.82, 2.24) is 9.78 Å². The van der Waals surface area contributed by atoms with Gasteiger partial charge in [-0.1, -0.05) is 18.2 Å². The first-order chi connectivity index (χ1) is 12.3. The van der Waals surface area contributed by atoms with E-state index in [1.165, 1.54) is 18.2 Å². The Bertz CT molecular complexity index is 931. The third-order valence-corrected chi connectivity index (χ3v) is 3.56. The van der Waals surface area contributed by atoms with E-state index in [0.29, 0.717) is 4.90 Å². The fraction of sp³-hybridized carbons (Fsp3) is 0.0588. The van der Waals surface area contributed by atoms with Crippen molar-refractivity contribution in [3.63, 3.8) is 0 Å². The zero-order chi connectivity index (χ0) is 18.9. The summed E-state index contributed by atoms with van der Waals surface area (Å²) in [6.45, 7) is 0. The molecule has 3 aromatic rings. The average Bonchev–Trinajstić information content (AvgIpc) is 3.04. The van der Waals surface area contributed by atoms with Gasteiger partial charge in [0, 0.05) is 12.3 Å². The maximum Gasteiger partial charge on any atom is 0.418 e. The van der Waals surface area contributed by atoms with Crippen molar-refractivity contribution in [3.05, 3.63) is 71.9 Å². The molecule has 0 unspecified atom stereocenters. The van der Waals surface area contributed by atoms with Gasteiger partial charge in [0.1, 0.15) is 5.69 Å². The number of hydrogen-bond acceptors (Lipinski definition) is 2. The lowest BCUT2D eigenvalue weighted by atomic mass is 10.1. The molecule has 134 valence electrons. The van der Waals surface area contributed by atoms with Gasteiger partial charge in [0.2, 0.25) is 6.41 Å². The van der Waals surface area contributed by atoms with E-state index in [1.54, 1.807) is 0 Å². The van der Waals surface area contributed by atoms with Crippen LogP contribution in [-0.2, 0) is 11.0 Å². The lowest BCUT2D eigenvalue weighted by Gasteiger charge is -2.19. The molecule has 1 aromatic heterocycles. The number of nitrogens with zero attached hydrogens (tertiary/aromatic N) is 3. The van der Waals surface area contributed by atoms with Gasteiger partial charge in [-0.3, -0.25) is 9.69 Å². The summed E-state index contributed by atoms with van der Waals surface area (Å²) in [7, 11) is 0. The highest BCUT2D eigenvalue weighted by Gasteiger charge is 2.35. The van der Waals surface area contributed by atoms with Gasteiger partial charge < -0.3 is 0 Å². The van der Waals surface area contributed by atoms with Crippen molar-refractivity contribution in [2.45, 2.75) is 6.18 Å². The zero-order valence-corrected chi connectivity index (χ0v) is 12.9. The van der Waals surface area contributed by atoms with Crippen LogP contribution in [0.4, 0.5) is 33.5 Å². The molecule has 9 heteroatoms. The van der Waals surface area contributed by atoms with Crippen LogP contribution in [0.3, 0.4) is 0 Å². The Labute approximate surface area is 144 Å². The van der Waals surface area contributed by atoms with E-state index < -0.39 is 34.7 Å². The number of amides is 1. The molecule has 3 rings (SSSR count). The van der Waals surface area contributed by atoms with Crippen molar-refractivity contribution in [2.75, 3.05) is 4.90 Å². The summed E-state index contributed by atoms with van der Waals surface area (Å²) < 4.78 is 68.0. The molecule has 2 aromatic carbocycles. The van der Waals surface area contributed by atoms with E-state index in [-0.39, 0.29) is 12.2 Å². The molecule has 0 radical (unpaired) electrons. The normalized spacial score (nSPS) is 11.4. The van der Waals surface area contributed by atoms with Gasteiger partial charge in [-0.2, -0.15) is 13.2 Å². The standard InChI is InChI=1S/C17H10F5N3O/c18-12-5-3-6-13(19)16(12)25-9-8-15(23-25)24(10-26)14-7-2-1-4-11(14)17(20,21)22/h1-10H. The van der Waals surface area contributed by atoms with Gasteiger partial charge in [-0.15, -0.1) is 5.10 Å². The predicted molar refractivity (Wildman–Crippen MR) is 83.1 cm³/mol. The number of anilines is 2. The molecule has 0 spiro atoms. The van der Waals surface area contributed by atoms with E-state index >= 15 is 0 Å². The van der Waals surface area contributed by atoms with Crippen LogP contribution in [0, 0.1) is 11.6 Å². The molecule has 0 bridgehead atoms. The summed E-state index contributed by atoms with van der Waals surface area (Å²) >= 11 is 0. The average molecular weight is 367 g/mol. The quantitative estimate of drug-likeness (QED) is 0.504. The third-order valence-electron chi connectivity index (χ3n) is 3.56. The van der Waals surface area contributed by atoms with Gasteiger partial charge in [0.15, 0.2) is 17.5 Å². The smallest absolute Gasteiger partial charge is 0.278 e. The molecule has 0 atom stereocenters. The minimum Gasteiger partial charge on any atom is -0.278 e. The summed E-state index contributed by atoms with van der Waals surface area (Å²) in [5, 5.41) is 3.84. The van der Waals surface area contributed by atoms with Crippen molar-refractivity contribution < 1.29 is 26.7 Å². The molecule has 4 nitrogen and oxygen atoms in total. The van der Waals surface area contributed by atoms with Crippen LogP contribution in [0.25, 0.3) is 5.69 Å². The number of alkyl halides is 3. The Morgan fingerprint density at radius 2 is 1.62 bits per heavy atom. The lowest BCUT2D eigenvalue weighted by Crippen LogP contribution is -2.20. The second kappa shape index (κ2) is 6.58. The molecule has 1 amide bonds. The lowest BCUT2D eigenvalue weighted by molar-refractivity contribution is -0.137. The van der Waals surface area contributed by atoms with Crippen LogP contribution in [0.15, 0.2) is 54.7 Å². The maximum absolute atomic E-state index is 13.8. The number of benzene rings is 2. The second-order valence-corrected chi connectivity index (χ2v) is 5.18. The van der Waals surface area contributed by atoms with Crippen molar-refractivity contribution in [2.24, 2.45) is 0 Å². The molecular weight excluding hydrogens is 357 g/mol. The monoisotopic (exact) mass is 367 g/mol. The second-order valence-electron chi connectivity index (χ2n) is 5.18. The van der Waals surface area contributed by atoms with Gasteiger partial charge in [-0.05, 0) is 24.3 Å². The number of rotatable bonds is 4. The van der Waals surface area contributed by atoms with Gasteiger partial charge in [-0.25, -0.2) is 13.5 Å². The van der Waals surface area contributed by atoms with Crippen LogP contribution < -0.4 is 4.90 Å². The number of hydrogen-bond donors (Lipinski definition) is 0. The first-order valence-electron chi connectivity index (χ1n) is 7.23. The molecule has 0 aliphatic heterocycles. The summed E-state index contributed by atoms with van der Waals surface area (Å²) in [4.78, 5) is 12.1. The summed E-state index contributed by atoms with van der Waals surface area (Å²) in [5.74, 6) is -2.04. The SMILES string of the molecule is O=CN(c1ccn(-c2c(F)cccc2F)n1)c1ccccc1C(F)(F)F. The zero-order valence-electron chi connectivity index (χ0n) is 12.9. The summed E-state index contributed by atoms with van der Waals surface area (Å²) in [6.07, 6.45) is -3.41. The molecule has 0 saturated heterocycles. The fourth-order valence-electron chi connectivity index (χ4n) is 2.43. The highest BCUT2D eigenvalue weighted by molar-refractivity contribution is 5.86. The van der Waals surface area contributed by atoms with Crippen LogP contribution in [0.5, 0.6) is 0 Å². The van der Waals surface area contributed by atoms with Crippen molar-refractivity contribution >= 4 is 17.9 Å². The minimum absolute atomic E-state index is 0.148. The molecule has 0 saturated carbocycles. The number of carbonyl (C=O) groups excluding carboxylic acids is 1. The maximum atomic E-state index is 13.8. The number of carbonyl (C=O) groups is 1. The van der Waals surface area contributed by atoms with Crippen LogP contribution in [0.1, 0.15) is 5.56 Å². The first-order valence-corrected chi connectivity index (χ1v) is 7.23. The van der Waals surface area contributed by atoms with E-state index in [9.17, 15) is 26.7 Å². The van der Waals surface area contributed by atoms with Crippen molar-refractivity contribution in [1.29, 1.82) is 0 Å². The highest BCUT2D eigenvalue weighted by atomic mass is 19.4. The number of para-hydroxylation sites is 2. The topological polar surface area (TPSA) is 38.1 Å². The molecule has 0 aliphatic carbocycles. The van der Waals surface area contributed by atoms with Gasteiger partial charge in [0.05, 0.1) is 11.3 Å². The van der Waals surface area contributed by atoms with Crippen LogP contribution in [-0.4, -0.2) is 16.2 Å². The van der Waals surface area contributed by atoms with E-state index in [4.69, 9.17) is 0 Å². The molecule has 1 heterocycles. The number of halogens is 5. The molecule has 0 fully saturated rings. The highest BCUT2D eigenvalue weighted by Crippen LogP contribution is 2.38. The minimum atomic E-state index is -4.70. The summed E-state index contributed by atoms with van der Waals surface area (Å²) in [6, 6.07) is 8.78. The first kappa shape index (κ1) is 17.6.